The number of carboxylic acids is 1. The zero-order valence-corrected chi connectivity index (χ0v) is 10.8. The Balaban J connectivity index is 2.06. The minimum absolute atomic E-state index is 0.236. The van der Waals surface area contributed by atoms with Crippen LogP contribution in [0.1, 0.15) is 15.9 Å². The number of halogens is 1. The summed E-state index contributed by atoms with van der Waals surface area (Å²) in [5.74, 6) is -0.288. The van der Waals surface area contributed by atoms with Crippen molar-refractivity contribution in [1.82, 2.24) is 9.97 Å². The van der Waals surface area contributed by atoms with Gasteiger partial charge in [-0.2, -0.15) is 0 Å². The summed E-state index contributed by atoms with van der Waals surface area (Å²) in [6, 6.07) is 6.65. The topological polar surface area (TPSA) is 63.1 Å². The molecule has 18 heavy (non-hydrogen) atoms. The second kappa shape index (κ2) is 5.84. The van der Waals surface area contributed by atoms with Crippen LogP contribution in [0, 0.1) is 0 Å². The first kappa shape index (κ1) is 12.9. The summed E-state index contributed by atoms with van der Waals surface area (Å²) in [4.78, 5) is 18.8. The third-order valence-corrected chi connectivity index (χ3v) is 3.36. The summed E-state index contributed by atoms with van der Waals surface area (Å²) in [5, 5.41) is 9.98. The number of aromatic nitrogens is 2. The lowest BCUT2D eigenvalue weighted by Crippen LogP contribution is -1.96. The van der Waals surface area contributed by atoms with Crippen LogP contribution in [0.4, 0.5) is 0 Å². The minimum Gasteiger partial charge on any atom is -0.478 e. The van der Waals surface area contributed by atoms with Gasteiger partial charge in [0.1, 0.15) is 5.15 Å². The standard InChI is InChI=1S/C12H9ClN2O2S/c13-10-5-8(1-3-14-10)7-18-11-6-9(12(16)17)2-4-15-11/h1-6H,7H2,(H,16,17). The quantitative estimate of drug-likeness (QED) is 0.689. The highest BCUT2D eigenvalue weighted by Gasteiger charge is 2.05. The molecule has 0 amide bonds. The highest BCUT2D eigenvalue weighted by atomic mass is 35.5. The fraction of sp³-hybridized carbons (Fsp3) is 0.0833. The molecule has 2 rings (SSSR count). The molecule has 2 heterocycles. The molecule has 92 valence electrons. The van der Waals surface area contributed by atoms with Crippen molar-refractivity contribution in [3.63, 3.8) is 0 Å². The smallest absolute Gasteiger partial charge is 0.335 e. The molecule has 0 fully saturated rings. The van der Waals surface area contributed by atoms with Gasteiger partial charge in [0.2, 0.25) is 0 Å². The average molecular weight is 281 g/mol. The lowest BCUT2D eigenvalue weighted by molar-refractivity contribution is 0.0696. The summed E-state index contributed by atoms with van der Waals surface area (Å²) in [6.07, 6.45) is 3.13. The highest BCUT2D eigenvalue weighted by molar-refractivity contribution is 7.98. The number of pyridine rings is 2. The van der Waals surface area contributed by atoms with E-state index < -0.39 is 5.97 Å². The van der Waals surface area contributed by atoms with E-state index in [0.29, 0.717) is 15.9 Å². The van der Waals surface area contributed by atoms with Crippen molar-refractivity contribution in [3.05, 3.63) is 52.9 Å². The first-order chi connectivity index (χ1) is 8.65. The van der Waals surface area contributed by atoms with E-state index in [1.807, 2.05) is 6.07 Å². The predicted molar refractivity (Wildman–Crippen MR) is 70.0 cm³/mol. The van der Waals surface area contributed by atoms with E-state index in [4.69, 9.17) is 16.7 Å². The molecule has 0 spiro atoms. The molecular weight excluding hydrogens is 272 g/mol. The maximum atomic E-state index is 10.8. The SMILES string of the molecule is O=C(O)c1ccnc(SCc2ccnc(Cl)c2)c1. The van der Waals surface area contributed by atoms with Gasteiger partial charge in [0.05, 0.1) is 10.6 Å². The third-order valence-electron chi connectivity index (χ3n) is 2.16. The van der Waals surface area contributed by atoms with Crippen molar-refractivity contribution >= 4 is 29.3 Å². The highest BCUT2D eigenvalue weighted by Crippen LogP contribution is 2.22. The number of thioether (sulfide) groups is 1. The van der Waals surface area contributed by atoms with Crippen molar-refractivity contribution in [1.29, 1.82) is 0 Å². The Bertz CT molecular complexity index is 578. The first-order valence-corrected chi connectivity index (χ1v) is 6.44. The van der Waals surface area contributed by atoms with Crippen LogP contribution in [0.3, 0.4) is 0 Å². The Morgan fingerprint density at radius 3 is 2.78 bits per heavy atom. The fourth-order valence-corrected chi connectivity index (χ4v) is 2.35. The lowest BCUT2D eigenvalue weighted by Gasteiger charge is -2.02. The number of nitrogens with zero attached hydrogens (tertiary/aromatic N) is 2. The van der Waals surface area contributed by atoms with Gasteiger partial charge >= 0.3 is 5.97 Å². The van der Waals surface area contributed by atoms with Gasteiger partial charge in [-0.1, -0.05) is 11.6 Å². The monoisotopic (exact) mass is 280 g/mol. The molecule has 0 aliphatic rings. The van der Waals surface area contributed by atoms with Gasteiger partial charge in [0.15, 0.2) is 0 Å². The van der Waals surface area contributed by atoms with E-state index in [2.05, 4.69) is 9.97 Å². The van der Waals surface area contributed by atoms with E-state index >= 15 is 0 Å². The van der Waals surface area contributed by atoms with Crippen molar-refractivity contribution in [2.75, 3.05) is 0 Å². The number of carboxylic acid groups (broad SMARTS) is 1. The Labute approximate surface area is 113 Å². The van der Waals surface area contributed by atoms with Crippen LogP contribution in [0.2, 0.25) is 5.15 Å². The van der Waals surface area contributed by atoms with E-state index in [1.54, 1.807) is 18.3 Å². The van der Waals surface area contributed by atoms with Gasteiger partial charge in [0, 0.05) is 18.1 Å². The lowest BCUT2D eigenvalue weighted by atomic mass is 10.3. The molecule has 2 aromatic rings. The maximum absolute atomic E-state index is 10.8. The largest absolute Gasteiger partial charge is 0.478 e. The molecule has 0 radical (unpaired) electrons. The average Bonchev–Trinajstić information content (AvgIpc) is 2.37. The van der Waals surface area contributed by atoms with Crippen LogP contribution < -0.4 is 0 Å². The van der Waals surface area contributed by atoms with Crippen LogP contribution in [-0.2, 0) is 5.75 Å². The summed E-state index contributed by atoms with van der Waals surface area (Å²) in [6.45, 7) is 0. The van der Waals surface area contributed by atoms with E-state index in [9.17, 15) is 4.79 Å². The number of rotatable bonds is 4. The van der Waals surface area contributed by atoms with E-state index in [-0.39, 0.29) is 5.56 Å². The molecule has 4 nitrogen and oxygen atoms in total. The van der Waals surface area contributed by atoms with Crippen LogP contribution in [0.25, 0.3) is 0 Å². The predicted octanol–water partition coefficient (Wildman–Crippen LogP) is 3.12. The molecule has 0 unspecified atom stereocenters. The summed E-state index contributed by atoms with van der Waals surface area (Å²) in [5.41, 5.74) is 1.25. The minimum atomic E-state index is -0.953. The van der Waals surface area contributed by atoms with E-state index in [1.165, 1.54) is 24.0 Å². The Kier molecular flexibility index (Phi) is 4.17. The van der Waals surface area contributed by atoms with Crippen LogP contribution >= 0.6 is 23.4 Å². The molecule has 0 aliphatic carbocycles. The number of carbonyl (C=O) groups is 1. The molecule has 6 heteroatoms. The van der Waals surface area contributed by atoms with Gasteiger partial charge in [-0.3, -0.25) is 0 Å². The van der Waals surface area contributed by atoms with Crippen LogP contribution in [-0.4, -0.2) is 21.0 Å². The third kappa shape index (κ3) is 3.45. The molecular formula is C12H9ClN2O2S. The van der Waals surface area contributed by atoms with Crippen LogP contribution in [0.5, 0.6) is 0 Å². The number of hydrogen-bond donors (Lipinski definition) is 1. The second-order valence-corrected chi connectivity index (χ2v) is 4.85. The maximum Gasteiger partial charge on any atom is 0.335 e. The van der Waals surface area contributed by atoms with Crippen molar-refractivity contribution < 1.29 is 9.90 Å². The molecule has 0 aliphatic heterocycles. The van der Waals surface area contributed by atoms with Crippen molar-refractivity contribution in [2.24, 2.45) is 0 Å². The molecule has 0 aromatic carbocycles. The van der Waals surface area contributed by atoms with Gasteiger partial charge in [-0.25, -0.2) is 14.8 Å². The summed E-state index contributed by atoms with van der Waals surface area (Å²) >= 11 is 7.23. The number of hydrogen-bond acceptors (Lipinski definition) is 4. The van der Waals surface area contributed by atoms with Gasteiger partial charge in [-0.05, 0) is 29.8 Å². The van der Waals surface area contributed by atoms with Gasteiger partial charge in [0.25, 0.3) is 0 Å². The molecule has 1 N–H and O–H groups in total. The molecule has 0 atom stereocenters. The summed E-state index contributed by atoms with van der Waals surface area (Å²) < 4.78 is 0. The molecule has 0 saturated heterocycles. The summed E-state index contributed by atoms with van der Waals surface area (Å²) in [7, 11) is 0. The van der Waals surface area contributed by atoms with Gasteiger partial charge in [-0.15, -0.1) is 11.8 Å². The number of aromatic carboxylic acids is 1. The first-order valence-electron chi connectivity index (χ1n) is 5.08. The van der Waals surface area contributed by atoms with Crippen molar-refractivity contribution in [2.45, 2.75) is 10.8 Å². The molecule has 2 aromatic heterocycles. The zero-order chi connectivity index (χ0) is 13.0. The molecule has 0 saturated carbocycles. The molecule has 0 bridgehead atoms. The van der Waals surface area contributed by atoms with Crippen LogP contribution in [0.15, 0.2) is 41.7 Å². The fourth-order valence-electron chi connectivity index (χ4n) is 1.31. The normalized spacial score (nSPS) is 10.3. The second-order valence-electron chi connectivity index (χ2n) is 3.46. The Morgan fingerprint density at radius 1 is 1.28 bits per heavy atom. The zero-order valence-electron chi connectivity index (χ0n) is 9.21. The Hall–Kier alpha value is -1.59. The van der Waals surface area contributed by atoms with E-state index in [0.717, 1.165) is 5.56 Å². The van der Waals surface area contributed by atoms with Gasteiger partial charge < -0.3 is 5.11 Å². The van der Waals surface area contributed by atoms with Crippen molar-refractivity contribution in [3.8, 4) is 0 Å². The Morgan fingerprint density at radius 2 is 2.06 bits per heavy atom.